The van der Waals surface area contributed by atoms with E-state index in [1.165, 1.54) is 13.0 Å². The molecule has 0 aromatic heterocycles. The highest BCUT2D eigenvalue weighted by Gasteiger charge is 2.48. The molecule has 0 unspecified atom stereocenters. The summed E-state index contributed by atoms with van der Waals surface area (Å²) in [6.45, 7) is 3.14. The first-order valence-electron chi connectivity index (χ1n) is 10.4. The van der Waals surface area contributed by atoms with E-state index in [1.807, 2.05) is 0 Å². The number of carbonyl (C=O) groups is 3. The Morgan fingerprint density at radius 2 is 1.75 bits per heavy atom. The van der Waals surface area contributed by atoms with Crippen LogP contribution >= 0.6 is 0 Å². The van der Waals surface area contributed by atoms with Gasteiger partial charge in [-0.3, -0.25) is 14.4 Å². The SMILES string of the molecule is C[C@@H]1O[C@@H]2CC(=O)O[C@@H]2c2cc3c(c(O)c21)C(=O)C(=O)C([C@@H]1C[C@H](O)[C@@H](O)[C@@H](C)O1)=C3O. The maximum Gasteiger partial charge on any atom is 0.309 e. The van der Waals surface area contributed by atoms with Gasteiger partial charge >= 0.3 is 5.97 Å². The summed E-state index contributed by atoms with van der Waals surface area (Å²) in [5.74, 6) is -3.66. The Morgan fingerprint density at radius 3 is 2.44 bits per heavy atom. The number of hydrogen-bond donors (Lipinski definition) is 4. The van der Waals surface area contributed by atoms with Crippen molar-refractivity contribution >= 4 is 23.3 Å². The largest absolute Gasteiger partial charge is 0.507 e. The third-order valence-electron chi connectivity index (χ3n) is 6.65. The van der Waals surface area contributed by atoms with Crippen molar-refractivity contribution in [3.05, 3.63) is 33.9 Å². The minimum Gasteiger partial charge on any atom is -0.507 e. The van der Waals surface area contributed by atoms with Gasteiger partial charge in [0.1, 0.15) is 23.7 Å². The molecule has 32 heavy (non-hydrogen) atoms. The molecule has 3 heterocycles. The molecule has 7 atom stereocenters. The molecular weight excluding hydrogens is 424 g/mol. The van der Waals surface area contributed by atoms with Crippen molar-refractivity contribution in [1.29, 1.82) is 0 Å². The first-order chi connectivity index (χ1) is 15.1. The number of aliphatic hydroxyl groups excluding tert-OH is 3. The molecule has 10 heteroatoms. The number of carbonyl (C=O) groups excluding carboxylic acids is 3. The number of ether oxygens (including phenoxy) is 3. The second kappa shape index (κ2) is 7.11. The van der Waals surface area contributed by atoms with E-state index in [9.17, 15) is 34.8 Å². The number of rotatable bonds is 1. The van der Waals surface area contributed by atoms with Gasteiger partial charge in [-0.2, -0.15) is 0 Å². The summed E-state index contributed by atoms with van der Waals surface area (Å²) in [5, 5.41) is 42.0. The molecule has 1 aromatic carbocycles. The lowest BCUT2D eigenvalue weighted by molar-refractivity contribution is -0.153. The molecule has 1 aromatic rings. The smallest absolute Gasteiger partial charge is 0.309 e. The molecular formula is C22H22O10. The number of Topliss-reactive ketones (excluding diaryl/α,β-unsaturated/α-hetero) is 2. The fourth-order valence-electron chi connectivity index (χ4n) is 5.07. The van der Waals surface area contributed by atoms with Crippen LogP contribution in [0.5, 0.6) is 5.75 Å². The van der Waals surface area contributed by atoms with Gasteiger partial charge < -0.3 is 34.6 Å². The van der Waals surface area contributed by atoms with Crippen LogP contribution in [0.4, 0.5) is 0 Å². The number of aliphatic hydroxyl groups is 3. The normalized spacial score (nSPS) is 36.5. The van der Waals surface area contributed by atoms with E-state index >= 15 is 0 Å². The highest BCUT2D eigenvalue weighted by molar-refractivity contribution is 6.53. The first-order valence-corrected chi connectivity index (χ1v) is 10.4. The number of aromatic hydroxyl groups is 1. The Bertz CT molecular complexity index is 1080. The number of esters is 1. The molecule has 0 radical (unpaired) electrons. The van der Waals surface area contributed by atoms with Crippen molar-refractivity contribution in [2.24, 2.45) is 0 Å². The molecule has 0 saturated carbocycles. The summed E-state index contributed by atoms with van der Waals surface area (Å²) >= 11 is 0. The number of hydrogen-bond acceptors (Lipinski definition) is 10. The van der Waals surface area contributed by atoms with E-state index in [2.05, 4.69) is 0 Å². The Balaban J connectivity index is 1.67. The van der Waals surface area contributed by atoms with Crippen molar-refractivity contribution in [2.45, 2.75) is 69.4 Å². The van der Waals surface area contributed by atoms with Crippen LogP contribution in [0.1, 0.15) is 65.9 Å². The minimum absolute atomic E-state index is 0.0325. The van der Waals surface area contributed by atoms with Crippen molar-refractivity contribution in [3.8, 4) is 5.75 Å². The van der Waals surface area contributed by atoms with Gasteiger partial charge in [0.05, 0.1) is 42.0 Å². The lowest BCUT2D eigenvalue weighted by atomic mass is 9.79. The summed E-state index contributed by atoms with van der Waals surface area (Å²) in [6.07, 6.45) is -6.63. The Morgan fingerprint density at radius 1 is 1.03 bits per heavy atom. The number of fused-ring (bicyclic) bond motifs is 4. The van der Waals surface area contributed by atoms with Crippen LogP contribution in [0.25, 0.3) is 5.76 Å². The lowest BCUT2D eigenvalue weighted by Crippen LogP contribution is -2.49. The van der Waals surface area contributed by atoms with Crippen LogP contribution < -0.4 is 0 Å². The van der Waals surface area contributed by atoms with Crippen LogP contribution in [-0.2, 0) is 23.8 Å². The van der Waals surface area contributed by atoms with E-state index in [-0.39, 0.29) is 35.1 Å². The fraction of sp³-hybridized carbons (Fsp3) is 0.500. The molecule has 3 aliphatic heterocycles. The zero-order valence-corrected chi connectivity index (χ0v) is 17.3. The number of ketones is 2. The van der Waals surface area contributed by atoms with Gasteiger partial charge in [-0.05, 0) is 19.9 Å². The number of phenolic OH excluding ortho intramolecular Hbond substituents is 1. The zero-order chi connectivity index (χ0) is 23.1. The topological polar surface area (TPSA) is 160 Å². The third-order valence-corrected chi connectivity index (χ3v) is 6.65. The quantitative estimate of drug-likeness (QED) is 0.358. The molecule has 10 nitrogen and oxygen atoms in total. The van der Waals surface area contributed by atoms with Gasteiger partial charge in [-0.1, -0.05) is 0 Å². The predicted molar refractivity (Wildman–Crippen MR) is 105 cm³/mol. The standard InChI is InChI=1S/C22H22O10/c1-6-14-9(22-12(30-6)5-13(24)32-22)3-8-15(19(14)27)20(28)21(29)16(18(8)26)11-4-10(23)17(25)7(2)31-11/h3,6-7,10-12,17,22-23,25-27H,4-5H2,1-2H3/t6-,7+,10-,11-,12+,17-,22+/m0/s1. The first kappa shape index (κ1) is 21.1. The van der Waals surface area contributed by atoms with Gasteiger partial charge in [0.25, 0.3) is 0 Å². The van der Waals surface area contributed by atoms with E-state index in [0.717, 1.165) is 0 Å². The predicted octanol–water partition coefficient (Wildman–Crippen LogP) is 0.774. The van der Waals surface area contributed by atoms with E-state index < -0.39 is 71.8 Å². The molecule has 5 rings (SSSR count). The van der Waals surface area contributed by atoms with Gasteiger partial charge in [0.2, 0.25) is 11.6 Å². The maximum atomic E-state index is 13.0. The number of phenols is 1. The summed E-state index contributed by atoms with van der Waals surface area (Å²) in [5.41, 5.74) is -0.193. The average molecular weight is 446 g/mol. The van der Waals surface area contributed by atoms with Crippen molar-refractivity contribution in [2.75, 3.05) is 0 Å². The molecule has 2 saturated heterocycles. The lowest BCUT2D eigenvalue weighted by Gasteiger charge is -2.37. The van der Waals surface area contributed by atoms with Crippen molar-refractivity contribution < 1.29 is 49.0 Å². The maximum absolute atomic E-state index is 13.0. The van der Waals surface area contributed by atoms with Crippen LogP contribution in [0.15, 0.2) is 11.6 Å². The fourth-order valence-corrected chi connectivity index (χ4v) is 5.07. The van der Waals surface area contributed by atoms with E-state index in [1.54, 1.807) is 6.92 Å². The van der Waals surface area contributed by atoms with E-state index in [4.69, 9.17) is 14.2 Å². The summed E-state index contributed by atoms with van der Waals surface area (Å²) in [4.78, 5) is 37.7. The summed E-state index contributed by atoms with van der Waals surface area (Å²) in [6, 6.07) is 1.43. The zero-order valence-electron chi connectivity index (χ0n) is 17.3. The summed E-state index contributed by atoms with van der Waals surface area (Å²) < 4.78 is 16.7. The van der Waals surface area contributed by atoms with Gasteiger partial charge in [-0.25, -0.2) is 0 Å². The van der Waals surface area contributed by atoms with Crippen LogP contribution in [-0.4, -0.2) is 68.5 Å². The Labute approximate surface area is 182 Å². The molecule has 0 spiro atoms. The van der Waals surface area contributed by atoms with Crippen molar-refractivity contribution in [3.63, 3.8) is 0 Å². The molecule has 0 amide bonds. The highest BCUT2D eigenvalue weighted by atomic mass is 16.6. The van der Waals surface area contributed by atoms with Crippen LogP contribution in [0.3, 0.4) is 0 Å². The third kappa shape index (κ3) is 2.83. The van der Waals surface area contributed by atoms with Crippen LogP contribution in [0.2, 0.25) is 0 Å². The molecule has 1 aliphatic carbocycles. The second-order valence-electron chi connectivity index (χ2n) is 8.63. The van der Waals surface area contributed by atoms with Crippen molar-refractivity contribution in [1.82, 2.24) is 0 Å². The van der Waals surface area contributed by atoms with Gasteiger partial charge in [0.15, 0.2) is 6.10 Å². The van der Waals surface area contributed by atoms with Crippen LogP contribution in [0, 0.1) is 0 Å². The Kier molecular flexibility index (Phi) is 4.68. The minimum atomic E-state index is -1.22. The molecule has 4 N–H and O–H groups in total. The molecule has 2 fully saturated rings. The molecule has 170 valence electrons. The highest BCUT2D eigenvalue weighted by Crippen LogP contribution is 2.50. The Hall–Kier alpha value is -2.79. The molecule has 4 aliphatic rings. The van der Waals surface area contributed by atoms with E-state index in [0.29, 0.717) is 5.56 Å². The monoisotopic (exact) mass is 446 g/mol. The summed E-state index contributed by atoms with van der Waals surface area (Å²) in [7, 11) is 0. The number of benzene rings is 1. The second-order valence-corrected chi connectivity index (χ2v) is 8.63. The van der Waals surface area contributed by atoms with Gasteiger partial charge in [0, 0.05) is 23.1 Å². The van der Waals surface area contributed by atoms with Gasteiger partial charge in [-0.15, -0.1) is 0 Å². The molecule has 0 bridgehead atoms. The average Bonchev–Trinajstić information content (AvgIpc) is 3.10.